The number of hydrogen-bond donors (Lipinski definition) is 3. The maximum atomic E-state index is 12.6. The molecule has 0 aromatic heterocycles. The number of carbonyl (C=O) groups is 2. The average Bonchev–Trinajstić information content (AvgIpc) is 3.14. The lowest BCUT2D eigenvalue weighted by Crippen LogP contribution is -2.29. The maximum absolute atomic E-state index is 12.6. The summed E-state index contributed by atoms with van der Waals surface area (Å²) in [7, 11) is -4.61. The Morgan fingerprint density at radius 1 is 0.547 bits per heavy atom. The minimum absolute atomic E-state index is 0.189. The standard InChI is InChI=1S/C42H81O10P/c1-3-5-7-9-11-13-15-17-19-21-23-25-27-29-31-33-41(45)49-37-40(38-51-53(47,48)50-36-39(44)35-43)52-42(46)34-32-30-28-26-24-22-20-18-16-14-12-10-8-6-4-2/h13,15,39-40,43-44H,3-12,14,16-38H2,1-2H3,(H,47,48)/b15-13-/t39-,40+/m0/s1. The summed E-state index contributed by atoms with van der Waals surface area (Å²) in [5, 5.41) is 18.3. The molecule has 3 atom stereocenters. The van der Waals surface area contributed by atoms with Crippen LogP contribution < -0.4 is 0 Å². The molecule has 0 amide bonds. The van der Waals surface area contributed by atoms with E-state index in [1.807, 2.05) is 0 Å². The van der Waals surface area contributed by atoms with Crippen molar-refractivity contribution in [3.63, 3.8) is 0 Å². The molecule has 314 valence electrons. The molecule has 3 N–H and O–H groups in total. The molecule has 0 heterocycles. The number of aliphatic hydroxyl groups excluding tert-OH is 2. The third kappa shape index (κ3) is 38.8. The van der Waals surface area contributed by atoms with E-state index in [2.05, 4.69) is 30.5 Å². The van der Waals surface area contributed by atoms with Crippen molar-refractivity contribution in [2.45, 2.75) is 219 Å². The van der Waals surface area contributed by atoms with E-state index in [0.717, 1.165) is 44.9 Å². The van der Waals surface area contributed by atoms with Crippen molar-refractivity contribution in [3.8, 4) is 0 Å². The summed E-state index contributed by atoms with van der Waals surface area (Å²) in [6.45, 7) is 2.39. The summed E-state index contributed by atoms with van der Waals surface area (Å²) in [4.78, 5) is 35.0. The summed E-state index contributed by atoms with van der Waals surface area (Å²) in [5.74, 6) is -0.920. The van der Waals surface area contributed by atoms with Crippen LogP contribution in [-0.2, 0) is 32.7 Å². The minimum Gasteiger partial charge on any atom is -0.462 e. The van der Waals surface area contributed by atoms with E-state index in [4.69, 9.17) is 19.1 Å². The van der Waals surface area contributed by atoms with Crippen molar-refractivity contribution in [3.05, 3.63) is 12.2 Å². The summed E-state index contributed by atoms with van der Waals surface area (Å²) in [6.07, 6.45) is 36.0. The lowest BCUT2D eigenvalue weighted by Gasteiger charge is -2.20. The van der Waals surface area contributed by atoms with Gasteiger partial charge in [0, 0.05) is 12.8 Å². The number of ether oxygens (including phenoxy) is 2. The minimum atomic E-state index is -4.61. The molecule has 11 heteroatoms. The van der Waals surface area contributed by atoms with Crippen LogP contribution in [0.1, 0.15) is 206 Å². The zero-order valence-electron chi connectivity index (χ0n) is 34.0. The fraction of sp³-hybridized carbons (Fsp3) is 0.905. The number of carbonyl (C=O) groups excluding carboxylic acids is 2. The summed E-state index contributed by atoms with van der Waals surface area (Å²) >= 11 is 0. The highest BCUT2D eigenvalue weighted by Crippen LogP contribution is 2.43. The number of hydrogen-bond acceptors (Lipinski definition) is 9. The molecule has 0 aliphatic rings. The smallest absolute Gasteiger partial charge is 0.462 e. The van der Waals surface area contributed by atoms with Crippen molar-refractivity contribution in [1.82, 2.24) is 0 Å². The lowest BCUT2D eigenvalue weighted by atomic mass is 10.0. The van der Waals surface area contributed by atoms with E-state index in [9.17, 15) is 24.2 Å². The molecule has 0 aromatic rings. The summed E-state index contributed by atoms with van der Waals surface area (Å²) < 4.78 is 32.7. The van der Waals surface area contributed by atoms with Crippen molar-refractivity contribution in [2.75, 3.05) is 26.4 Å². The molecular weight excluding hydrogens is 695 g/mol. The Labute approximate surface area is 324 Å². The third-order valence-corrected chi connectivity index (χ3v) is 10.4. The quantitative estimate of drug-likeness (QED) is 0.0237. The van der Waals surface area contributed by atoms with Gasteiger partial charge in [0.1, 0.15) is 12.7 Å². The van der Waals surface area contributed by atoms with Gasteiger partial charge in [-0.2, -0.15) is 0 Å². The number of esters is 2. The average molecular weight is 777 g/mol. The molecule has 0 aliphatic heterocycles. The number of unbranched alkanes of at least 4 members (excludes halogenated alkanes) is 25. The van der Waals surface area contributed by atoms with Crippen LogP contribution in [0, 0.1) is 0 Å². The highest BCUT2D eigenvalue weighted by Gasteiger charge is 2.27. The predicted molar refractivity (Wildman–Crippen MR) is 215 cm³/mol. The van der Waals surface area contributed by atoms with E-state index in [-0.39, 0.29) is 19.4 Å². The number of rotatable bonds is 41. The topological polar surface area (TPSA) is 149 Å². The first kappa shape index (κ1) is 51.7. The van der Waals surface area contributed by atoms with Crippen molar-refractivity contribution in [1.29, 1.82) is 0 Å². The van der Waals surface area contributed by atoms with Crippen LogP contribution in [0.4, 0.5) is 0 Å². The Morgan fingerprint density at radius 2 is 0.925 bits per heavy atom. The molecule has 0 fully saturated rings. The second-order valence-corrected chi connectivity index (χ2v) is 16.2. The van der Waals surface area contributed by atoms with Gasteiger partial charge in [-0.1, -0.05) is 167 Å². The fourth-order valence-electron chi connectivity index (χ4n) is 6.05. The van der Waals surface area contributed by atoms with Gasteiger partial charge >= 0.3 is 19.8 Å². The fourth-order valence-corrected chi connectivity index (χ4v) is 6.84. The second kappa shape index (κ2) is 39.0. The highest BCUT2D eigenvalue weighted by molar-refractivity contribution is 7.47. The third-order valence-electron chi connectivity index (χ3n) is 9.42. The van der Waals surface area contributed by atoms with E-state index in [1.54, 1.807) is 0 Å². The Kier molecular flexibility index (Phi) is 38.0. The molecule has 0 bridgehead atoms. The molecule has 0 aromatic carbocycles. The van der Waals surface area contributed by atoms with Crippen LogP contribution in [-0.4, -0.2) is 65.7 Å². The molecule has 0 spiro atoms. The van der Waals surface area contributed by atoms with Crippen LogP contribution in [0.3, 0.4) is 0 Å². The van der Waals surface area contributed by atoms with Crippen LogP contribution in [0.5, 0.6) is 0 Å². The van der Waals surface area contributed by atoms with Crippen molar-refractivity contribution in [2.24, 2.45) is 0 Å². The number of phosphoric acid groups is 1. The largest absolute Gasteiger partial charge is 0.472 e. The SMILES string of the molecule is CCCCCC/C=C\CCCCCCCCCC(=O)OC[C@H](COP(=O)(O)OC[C@@H](O)CO)OC(=O)CCCCCCCCCCCCCCCCC. The second-order valence-electron chi connectivity index (χ2n) is 14.7. The van der Waals surface area contributed by atoms with E-state index >= 15 is 0 Å². The zero-order valence-corrected chi connectivity index (χ0v) is 34.9. The number of aliphatic hydroxyl groups is 2. The molecule has 1 unspecified atom stereocenters. The molecule has 0 saturated carbocycles. The van der Waals surface area contributed by atoms with Gasteiger partial charge in [-0.3, -0.25) is 18.6 Å². The van der Waals surface area contributed by atoms with Crippen LogP contribution in [0.2, 0.25) is 0 Å². The van der Waals surface area contributed by atoms with Gasteiger partial charge in [0.25, 0.3) is 0 Å². The Bertz CT molecular complexity index is 899. The molecule has 0 aliphatic carbocycles. The van der Waals surface area contributed by atoms with Crippen molar-refractivity contribution >= 4 is 19.8 Å². The first-order valence-electron chi connectivity index (χ1n) is 21.6. The van der Waals surface area contributed by atoms with Gasteiger partial charge in [-0.05, 0) is 38.5 Å². The van der Waals surface area contributed by atoms with Crippen molar-refractivity contribution < 1.29 is 47.8 Å². The summed E-state index contributed by atoms with van der Waals surface area (Å²) in [5.41, 5.74) is 0. The van der Waals surface area contributed by atoms with E-state index in [0.29, 0.717) is 12.8 Å². The predicted octanol–water partition coefficient (Wildman–Crippen LogP) is 11.2. The van der Waals surface area contributed by atoms with Crippen LogP contribution in [0.25, 0.3) is 0 Å². The van der Waals surface area contributed by atoms with Crippen LogP contribution >= 0.6 is 7.82 Å². The van der Waals surface area contributed by atoms with Gasteiger partial charge < -0.3 is 24.6 Å². The summed E-state index contributed by atoms with van der Waals surface area (Å²) in [6, 6.07) is 0. The van der Waals surface area contributed by atoms with Gasteiger partial charge in [-0.25, -0.2) is 4.57 Å². The number of phosphoric ester groups is 1. The molecule has 0 rings (SSSR count). The number of allylic oxidation sites excluding steroid dienone is 2. The molecule has 10 nitrogen and oxygen atoms in total. The molecule has 0 radical (unpaired) electrons. The van der Waals surface area contributed by atoms with E-state index < -0.39 is 51.8 Å². The lowest BCUT2D eigenvalue weighted by molar-refractivity contribution is -0.161. The Balaban J connectivity index is 4.27. The maximum Gasteiger partial charge on any atom is 0.472 e. The van der Waals surface area contributed by atoms with Gasteiger partial charge in [-0.15, -0.1) is 0 Å². The van der Waals surface area contributed by atoms with Gasteiger partial charge in [0.05, 0.1) is 19.8 Å². The first-order chi connectivity index (χ1) is 25.7. The Morgan fingerprint density at radius 3 is 1.38 bits per heavy atom. The first-order valence-corrected chi connectivity index (χ1v) is 23.1. The Hall–Kier alpha value is -1.29. The molecular formula is C42H81O10P. The monoisotopic (exact) mass is 777 g/mol. The van der Waals surface area contributed by atoms with E-state index in [1.165, 1.54) is 122 Å². The normalized spacial score (nSPS) is 14.0. The van der Waals surface area contributed by atoms with Gasteiger partial charge in [0.2, 0.25) is 0 Å². The highest BCUT2D eigenvalue weighted by atomic mass is 31.2. The molecule has 53 heavy (non-hydrogen) atoms. The zero-order chi connectivity index (χ0) is 39.1. The van der Waals surface area contributed by atoms with Crippen LogP contribution in [0.15, 0.2) is 12.2 Å². The molecule has 0 saturated heterocycles. The van der Waals surface area contributed by atoms with Gasteiger partial charge in [0.15, 0.2) is 6.10 Å².